The molecule has 3 rings (SSSR count). The van der Waals surface area contributed by atoms with Crippen LogP contribution in [0.5, 0.6) is 5.88 Å². The average Bonchev–Trinajstić information content (AvgIpc) is 3.02. The molecule has 0 bridgehead atoms. The zero-order valence-corrected chi connectivity index (χ0v) is 15.5. The lowest BCUT2D eigenvalue weighted by molar-refractivity contribution is -0.278. The molecule has 0 fully saturated rings. The van der Waals surface area contributed by atoms with Crippen molar-refractivity contribution in [2.24, 2.45) is 4.99 Å². The number of rotatable bonds is 4. The van der Waals surface area contributed by atoms with Gasteiger partial charge < -0.3 is 10.0 Å². The Hall–Kier alpha value is -3.59. The lowest BCUT2D eigenvalue weighted by atomic mass is 9.98. The highest BCUT2D eigenvalue weighted by Gasteiger charge is 2.20. The van der Waals surface area contributed by atoms with E-state index in [0.29, 0.717) is 34.8 Å². The van der Waals surface area contributed by atoms with Crippen LogP contribution in [0.1, 0.15) is 12.5 Å². The zero-order chi connectivity index (χ0) is 19.4. The van der Waals surface area contributed by atoms with E-state index in [2.05, 4.69) is 16.2 Å². The molecule has 1 heterocycles. The van der Waals surface area contributed by atoms with Crippen LogP contribution in [0.2, 0.25) is 0 Å². The summed E-state index contributed by atoms with van der Waals surface area (Å²) in [5.74, 6) is 0.145. The number of aromatic nitrogens is 2. The highest BCUT2D eigenvalue weighted by molar-refractivity contribution is 6.07. The lowest BCUT2D eigenvalue weighted by Gasteiger charge is -2.16. The number of aliphatic imine (C=N–C) groups is 1. The van der Waals surface area contributed by atoms with Crippen LogP contribution in [-0.4, -0.2) is 36.1 Å². The molecule has 6 nitrogen and oxygen atoms in total. The standard InChI is InChI=1S/C21H21N5O/c1-4-23-16-12-10-15(11-13-16)18(14-22)19-20(25(2)3)24-26(21(19)27)17-8-6-5-7-9-17/h5-13,27H,4H2,1-3H3/p-1. The van der Waals surface area contributed by atoms with E-state index in [-0.39, 0.29) is 5.88 Å². The predicted molar refractivity (Wildman–Crippen MR) is 106 cm³/mol. The van der Waals surface area contributed by atoms with Gasteiger partial charge in [0, 0.05) is 32.1 Å². The van der Waals surface area contributed by atoms with E-state index in [0.717, 1.165) is 5.71 Å². The largest absolute Gasteiger partial charge is 0.858 e. The number of nitrogens with zero attached hydrogens (tertiary/aromatic N) is 5. The van der Waals surface area contributed by atoms with Crippen LogP contribution in [0.15, 0.2) is 65.2 Å². The molecule has 0 amide bonds. The summed E-state index contributed by atoms with van der Waals surface area (Å²) in [6.45, 7) is 2.65. The van der Waals surface area contributed by atoms with Crippen molar-refractivity contribution in [3.63, 3.8) is 0 Å². The summed E-state index contributed by atoms with van der Waals surface area (Å²) in [5, 5.41) is 27.4. The van der Waals surface area contributed by atoms with Crippen molar-refractivity contribution in [3.8, 4) is 17.6 Å². The Morgan fingerprint density at radius 1 is 1.19 bits per heavy atom. The fraction of sp³-hybridized carbons (Fsp3) is 0.190. The molecule has 6 heteroatoms. The molecule has 1 aliphatic carbocycles. The molecular weight excluding hydrogens is 338 g/mol. The summed E-state index contributed by atoms with van der Waals surface area (Å²) >= 11 is 0. The number of benzene rings is 1. The molecule has 1 aromatic heterocycles. The maximum Gasteiger partial charge on any atom is 0.158 e. The van der Waals surface area contributed by atoms with Gasteiger partial charge in [-0.2, -0.15) is 10.4 Å². The van der Waals surface area contributed by atoms with Crippen molar-refractivity contribution >= 4 is 17.1 Å². The first-order chi connectivity index (χ1) is 13.1. The highest BCUT2D eigenvalue weighted by Crippen LogP contribution is 2.36. The normalized spacial score (nSPS) is 12.8. The number of para-hydroxylation sites is 1. The Labute approximate surface area is 158 Å². The molecule has 136 valence electrons. The fourth-order valence-electron chi connectivity index (χ4n) is 2.85. The summed E-state index contributed by atoms with van der Waals surface area (Å²) in [5.41, 5.74) is 2.76. The second-order valence-electron chi connectivity index (χ2n) is 6.15. The third kappa shape index (κ3) is 3.53. The molecule has 0 aliphatic heterocycles. The smallest absolute Gasteiger partial charge is 0.158 e. The molecule has 0 unspecified atom stereocenters. The first kappa shape index (κ1) is 18.2. The quantitative estimate of drug-likeness (QED) is 0.787. The minimum Gasteiger partial charge on any atom is -0.858 e. The second-order valence-corrected chi connectivity index (χ2v) is 6.15. The van der Waals surface area contributed by atoms with Crippen molar-refractivity contribution in [2.75, 3.05) is 25.5 Å². The van der Waals surface area contributed by atoms with Gasteiger partial charge >= 0.3 is 0 Å². The van der Waals surface area contributed by atoms with E-state index in [4.69, 9.17) is 0 Å². The number of hydrogen-bond acceptors (Lipinski definition) is 5. The van der Waals surface area contributed by atoms with Gasteiger partial charge in [-0.1, -0.05) is 30.4 Å². The number of nitriles is 1. The maximum absolute atomic E-state index is 13.1. The Bertz CT molecular complexity index is 983. The van der Waals surface area contributed by atoms with E-state index in [1.54, 1.807) is 19.0 Å². The summed E-state index contributed by atoms with van der Waals surface area (Å²) in [4.78, 5) is 6.08. The minimum absolute atomic E-state index is 0.298. The van der Waals surface area contributed by atoms with Crippen molar-refractivity contribution in [2.45, 2.75) is 6.92 Å². The van der Waals surface area contributed by atoms with Crippen LogP contribution in [-0.2, 0) is 0 Å². The molecule has 0 saturated carbocycles. The number of hydrogen-bond donors (Lipinski definition) is 0. The average molecular weight is 358 g/mol. The van der Waals surface area contributed by atoms with Crippen molar-refractivity contribution in [1.82, 2.24) is 9.78 Å². The van der Waals surface area contributed by atoms with Crippen LogP contribution in [0.4, 0.5) is 5.82 Å². The van der Waals surface area contributed by atoms with Crippen LogP contribution in [0, 0.1) is 11.3 Å². The van der Waals surface area contributed by atoms with Gasteiger partial charge in [0.05, 0.1) is 17.0 Å². The molecule has 1 aliphatic rings. The molecular formula is C21H20N5O-. The molecule has 0 atom stereocenters. The predicted octanol–water partition coefficient (Wildman–Crippen LogP) is 2.88. The molecule has 0 radical (unpaired) electrons. The Balaban J connectivity index is 2.18. The molecule has 0 N–H and O–H groups in total. The first-order valence-corrected chi connectivity index (χ1v) is 8.65. The summed E-state index contributed by atoms with van der Waals surface area (Å²) in [6.07, 6.45) is 7.31. The maximum atomic E-state index is 13.1. The Morgan fingerprint density at radius 3 is 2.41 bits per heavy atom. The van der Waals surface area contributed by atoms with Crippen LogP contribution < -0.4 is 10.0 Å². The third-order valence-electron chi connectivity index (χ3n) is 4.11. The van der Waals surface area contributed by atoms with E-state index >= 15 is 0 Å². The van der Waals surface area contributed by atoms with Crippen molar-refractivity contribution in [1.29, 1.82) is 5.26 Å². The SMILES string of the molecule is CCN=C1C=CC(=C(C#N)c2c(N(C)C)nn(-c3ccccc3)c2[O-])C=C1. The second kappa shape index (κ2) is 7.75. The van der Waals surface area contributed by atoms with Crippen LogP contribution in [0.25, 0.3) is 11.3 Å². The molecule has 1 aromatic carbocycles. The van der Waals surface area contributed by atoms with Crippen LogP contribution in [0.3, 0.4) is 0 Å². The minimum atomic E-state index is -0.316. The lowest BCUT2D eigenvalue weighted by Crippen LogP contribution is -2.12. The van der Waals surface area contributed by atoms with Gasteiger partial charge in [-0.25, -0.2) is 4.68 Å². The van der Waals surface area contributed by atoms with E-state index in [9.17, 15) is 10.4 Å². The first-order valence-electron chi connectivity index (χ1n) is 8.65. The summed E-state index contributed by atoms with van der Waals surface area (Å²) < 4.78 is 1.34. The molecule has 0 spiro atoms. The zero-order valence-electron chi connectivity index (χ0n) is 15.5. The van der Waals surface area contributed by atoms with Gasteiger partial charge in [-0.3, -0.25) is 4.99 Å². The van der Waals surface area contributed by atoms with E-state index < -0.39 is 0 Å². The molecule has 27 heavy (non-hydrogen) atoms. The van der Waals surface area contributed by atoms with Gasteiger partial charge in [-0.05, 0) is 36.8 Å². The molecule has 0 saturated heterocycles. The topological polar surface area (TPSA) is 80.3 Å². The summed E-state index contributed by atoms with van der Waals surface area (Å²) in [7, 11) is 3.61. The van der Waals surface area contributed by atoms with Gasteiger partial charge in [0.15, 0.2) is 5.82 Å². The Kier molecular flexibility index (Phi) is 5.23. The van der Waals surface area contributed by atoms with E-state index in [1.807, 2.05) is 61.6 Å². The summed E-state index contributed by atoms with van der Waals surface area (Å²) in [6, 6.07) is 11.4. The molecule has 2 aromatic rings. The van der Waals surface area contributed by atoms with Gasteiger partial charge in [0.2, 0.25) is 0 Å². The van der Waals surface area contributed by atoms with Crippen molar-refractivity contribution < 1.29 is 5.11 Å². The number of allylic oxidation sites excluding steroid dienone is 6. The highest BCUT2D eigenvalue weighted by atomic mass is 16.3. The van der Waals surface area contributed by atoms with Gasteiger partial charge in [0.25, 0.3) is 0 Å². The monoisotopic (exact) mass is 358 g/mol. The van der Waals surface area contributed by atoms with Gasteiger partial charge in [-0.15, -0.1) is 0 Å². The van der Waals surface area contributed by atoms with Crippen molar-refractivity contribution in [3.05, 3.63) is 65.8 Å². The van der Waals surface area contributed by atoms with Crippen LogP contribution >= 0.6 is 0 Å². The Morgan fingerprint density at radius 2 is 1.85 bits per heavy atom. The van der Waals surface area contributed by atoms with Gasteiger partial charge in [0.1, 0.15) is 6.07 Å². The fourth-order valence-corrected chi connectivity index (χ4v) is 2.85. The van der Waals surface area contributed by atoms with E-state index in [1.165, 1.54) is 4.68 Å². The number of anilines is 1. The third-order valence-corrected chi connectivity index (χ3v) is 4.11.